The summed E-state index contributed by atoms with van der Waals surface area (Å²) in [6, 6.07) is 6.18. The predicted molar refractivity (Wildman–Crippen MR) is 81.5 cm³/mol. The first-order valence-electron chi connectivity index (χ1n) is 6.88. The Balaban J connectivity index is 1.85. The van der Waals surface area contributed by atoms with Crippen LogP contribution >= 0.6 is 0 Å². The van der Waals surface area contributed by atoms with Crippen LogP contribution in [0, 0.1) is 0 Å². The molecule has 22 heavy (non-hydrogen) atoms. The average Bonchev–Trinajstić information content (AvgIpc) is 2.92. The maximum absolute atomic E-state index is 11.8. The summed E-state index contributed by atoms with van der Waals surface area (Å²) >= 11 is 0. The largest absolute Gasteiger partial charge is 0.462 e. The van der Waals surface area contributed by atoms with Crippen molar-refractivity contribution in [2.45, 2.75) is 13.5 Å². The van der Waals surface area contributed by atoms with Crippen LogP contribution < -0.4 is 10.6 Å². The second-order valence-corrected chi connectivity index (χ2v) is 4.63. The molecule has 0 aliphatic rings. The van der Waals surface area contributed by atoms with E-state index in [1.807, 2.05) is 13.2 Å². The number of carbonyl (C=O) groups is 2. The zero-order valence-electron chi connectivity index (χ0n) is 12.5. The maximum Gasteiger partial charge on any atom is 0.338 e. The van der Waals surface area contributed by atoms with Gasteiger partial charge in [0.05, 0.1) is 18.4 Å². The number of esters is 1. The third kappa shape index (κ3) is 4.34. The van der Waals surface area contributed by atoms with E-state index in [-0.39, 0.29) is 12.0 Å². The molecule has 0 fully saturated rings. The normalized spacial score (nSPS) is 10.1. The van der Waals surface area contributed by atoms with Gasteiger partial charge in [0.1, 0.15) is 0 Å². The van der Waals surface area contributed by atoms with Crippen LogP contribution in [0.15, 0.2) is 36.7 Å². The highest BCUT2D eigenvalue weighted by Crippen LogP contribution is 2.10. The number of amides is 2. The van der Waals surface area contributed by atoms with Gasteiger partial charge < -0.3 is 15.4 Å². The number of anilines is 1. The lowest BCUT2D eigenvalue weighted by atomic mass is 10.2. The van der Waals surface area contributed by atoms with Gasteiger partial charge in [-0.25, -0.2) is 9.59 Å². The molecule has 2 aromatic rings. The number of carbonyl (C=O) groups excluding carboxylic acids is 2. The van der Waals surface area contributed by atoms with Crippen molar-refractivity contribution < 1.29 is 14.3 Å². The molecule has 2 N–H and O–H groups in total. The van der Waals surface area contributed by atoms with Crippen LogP contribution in [-0.4, -0.2) is 28.4 Å². The van der Waals surface area contributed by atoms with Gasteiger partial charge in [-0.05, 0) is 31.2 Å². The van der Waals surface area contributed by atoms with Crippen molar-refractivity contribution in [2.24, 2.45) is 7.05 Å². The van der Waals surface area contributed by atoms with Gasteiger partial charge in [-0.1, -0.05) is 0 Å². The predicted octanol–water partition coefficient (Wildman–Crippen LogP) is 1.92. The highest BCUT2D eigenvalue weighted by molar-refractivity contribution is 5.92. The molecule has 1 heterocycles. The molecule has 0 saturated heterocycles. The van der Waals surface area contributed by atoms with E-state index in [2.05, 4.69) is 15.7 Å². The fourth-order valence-electron chi connectivity index (χ4n) is 1.82. The third-order valence-corrected chi connectivity index (χ3v) is 2.87. The van der Waals surface area contributed by atoms with Gasteiger partial charge >= 0.3 is 12.0 Å². The molecular weight excluding hydrogens is 284 g/mol. The summed E-state index contributed by atoms with van der Waals surface area (Å²) < 4.78 is 6.56. The molecule has 0 bridgehead atoms. The molecule has 1 aromatic heterocycles. The summed E-state index contributed by atoms with van der Waals surface area (Å²) in [6.45, 7) is 2.47. The van der Waals surface area contributed by atoms with Crippen LogP contribution in [0.25, 0.3) is 0 Å². The van der Waals surface area contributed by atoms with Crippen LogP contribution in [0.1, 0.15) is 22.8 Å². The number of hydrogen-bond acceptors (Lipinski definition) is 4. The lowest BCUT2D eigenvalue weighted by Gasteiger charge is -2.07. The molecule has 0 unspecified atom stereocenters. The van der Waals surface area contributed by atoms with Gasteiger partial charge in [-0.15, -0.1) is 0 Å². The highest BCUT2D eigenvalue weighted by Gasteiger charge is 2.07. The summed E-state index contributed by atoms with van der Waals surface area (Å²) in [5.41, 5.74) is 1.95. The minimum absolute atomic E-state index is 0.326. The molecule has 1 aromatic carbocycles. The van der Waals surface area contributed by atoms with E-state index in [1.54, 1.807) is 42.1 Å². The third-order valence-electron chi connectivity index (χ3n) is 2.87. The van der Waals surface area contributed by atoms with Crippen molar-refractivity contribution in [1.82, 2.24) is 15.1 Å². The number of aromatic nitrogens is 2. The van der Waals surface area contributed by atoms with Gasteiger partial charge in [-0.3, -0.25) is 4.68 Å². The highest BCUT2D eigenvalue weighted by atomic mass is 16.5. The van der Waals surface area contributed by atoms with E-state index in [1.165, 1.54) is 0 Å². The quantitative estimate of drug-likeness (QED) is 0.826. The molecule has 0 radical (unpaired) electrons. The van der Waals surface area contributed by atoms with Gasteiger partial charge in [0.25, 0.3) is 0 Å². The number of rotatable bonds is 5. The second kappa shape index (κ2) is 7.26. The topological polar surface area (TPSA) is 85.2 Å². The Kier molecular flexibility index (Phi) is 5.13. The van der Waals surface area contributed by atoms with E-state index < -0.39 is 0 Å². The summed E-state index contributed by atoms with van der Waals surface area (Å²) in [4.78, 5) is 23.3. The summed E-state index contributed by atoms with van der Waals surface area (Å²) in [5, 5.41) is 9.43. The molecule has 7 nitrogen and oxygen atoms in total. The Hall–Kier alpha value is -2.83. The van der Waals surface area contributed by atoms with Gasteiger partial charge in [0.2, 0.25) is 0 Å². The standard InChI is InChI=1S/C15H18N4O3/c1-3-22-14(20)12-4-6-13(7-5-12)18-15(21)16-8-11-9-17-19(2)10-11/h4-7,9-10H,3,8H2,1-2H3,(H2,16,18,21). The maximum atomic E-state index is 11.8. The Labute approximate surface area is 128 Å². The van der Waals surface area contributed by atoms with E-state index in [9.17, 15) is 9.59 Å². The molecule has 0 aliphatic carbocycles. The number of aryl methyl sites for hydroxylation is 1. The Morgan fingerprint density at radius 2 is 2.00 bits per heavy atom. The first-order valence-corrected chi connectivity index (χ1v) is 6.88. The van der Waals surface area contributed by atoms with Crippen molar-refractivity contribution in [3.05, 3.63) is 47.8 Å². The number of ether oxygens (including phenoxy) is 1. The van der Waals surface area contributed by atoms with E-state index in [0.29, 0.717) is 24.4 Å². The summed E-state index contributed by atoms with van der Waals surface area (Å²) in [6.07, 6.45) is 3.52. The molecule has 0 spiro atoms. The molecule has 116 valence electrons. The number of hydrogen-bond donors (Lipinski definition) is 2. The van der Waals surface area contributed by atoms with E-state index in [4.69, 9.17) is 4.74 Å². The number of benzene rings is 1. The minimum Gasteiger partial charge on any atom is -0.462 e. The molecule has 7 heteroatoms. The van der Waals surface area contributed by atoms with Crippen molar-refractivity contribution in [3.63, 3.8) is 0 Å². The van der Waals surface area contributed by atoms with Crippen LogP contribution in [0.4, 0.5) is 10.5 Å². The Bertz CT molecular complexity index is 649. The monoisotopic (exact) mass is 302 g/mol. The zero-order valence-corrected chi connectivity index (χ0v) is 12.5. The SMILES string of the molecule is CCOC(=O)c1ccc(NC(=O)NCc2cnn(C)c2)cc1. The van der Waals surface area contributed by atoms with E-state index in [0.717, 1.165) is 5.56 Å². The molecule has 0 aliphatic heterocycles. The lowest BCUT2D eigenvalue weighted by molar-refractivity contribution is 0.0526. The summed E-state index contributed by atoms with van der Waals surface area (Å²) in [7, 11) is 1.81. The van der Waals surface area contributed by atoms with Crippen molar-refractivity contribution in [1.29, 1.82) is 0 Å². The minimum atomic E-state index is -0.380. The van der Waals surface area contributed by atoms with Crippen LogP contribution in [0.5, 0.6) is 0 Å². The number of urea groups is 1. The zero-order chi connectivity index (χ0) is 15.9. The lowest BCUT2D eigenvalue weighted by Crippen LogP contribution is -2.28. The fourth-order valence-corrected chi connectivity index (χ4v) is 1.82. The Morgan fingerprint density at radius 3 is 2.59 bits per heavy atom. The fraction of sp³-hybridized carbons (Fsp3) is 0.267. The molecular formula is C15H18N4O3. The van der Waals surface area contributed by atoms with Crippen molar-refractivity contribution >= 4 is 17.7 Å². The molecule has 0 atom stereocenters. The first kappa shape index (κ1) is 15.6. The van der Waals surface area contributed by atoms with Gasteiger partial charge in [0.15, 0.2) is 0 Å². The van der Waals surface area contributed by atoms with Crippen LogP contribution in [-0.2, 0) is 18.3 Å². The van der Waals surface area contributed by atoms with Crippen molar-refractivity contribution in [3.8, 4) is 0 Å². The first-order chi connectivity index (χ1) is 10.6. The smallest absolute Gasteiger partial charge is 0.338 e. The van der Waals surface area contributed by atoms with Gasteiger partial charge in [0, 0.05) is 31.0 Å². The van der Waals surface area contributed by atoms with E-state index >= 15 is 0 Å². The van der Waals surface area contributed by atoms with Crippen molar-refractivity contribution in [2.75, 3.05) is 11.9 Å². The average molecular weight is 302 g/mol. The Morgan fingerprint density at radius 1 is 1.27 bits per heavy atom. The number of nitrogens with one attached hydrogen (secondary N) is 2. The molecule has 0 saturated carbocycles. The van der Waals surface area contributed by atoms with Crippen LogP contribution in [0.2, 0.25) is 0 Å². The summed E-state index contributed by atoms with van der Waals surface area (Å²) in [5.74, 6) is -0.380. The van der Waals surface area contributed by atoms with Gasteiger partial charge in [-0.2, -0.15) is 5.10 Å². The number of nitrogens with zero attached hydrogens (tertiary/aromatic N) is 2. The molecule has 2 rings (SSSR count). The van der Waals surface area contributed by atoms with Crippen LogP contribution in [0.3, 0.4) is 0 Å². The molecule has 2 amide bonds. The second-order valence-electron chi connectivity index (χ2n) is 4.63.